The van der Waals surface area contributed by atoms with E-state index in [0.717, 1.165) is 16.5 Å². The summed E-state index contributed by atoms with van der Waals surface area (Å²) < 4.78 is 0. The molecule has 0 saturated heterocycles. The lowest BCUT2D eigenvalue weighted by Crippen LogP contribution is -2.29. The van der Waals surface area contributed by atoms with Gasteiger partial charge in [-0.1, -0.05) is 47.5 Å². The second-order valence-electron chi connectivity index (χ2n) is 6.43. The Balaban J connectivity index is 1.53. The summed E-state index contributed by atoms with van der Waals surface area (Å²) >= 11 is 11.9. The molecule has 0 aliphatic carbocycles. The highest BCUT2D eigenvalue weighted by atomic mass is 35.5. The van der Waals surface area contributed by atoms with Gasteiger partial charge in [-0.05, 0) is 54.1 Å². The quantitative estimate of drug-likeness (QED) is 0.296. The van der Waals surface area contributed by atoms with Crippen LogP contribution in [0.3, 0.4) is 0 Å². The number of nitrogens with zero attached hydrogens (tertiary/aromatic N) is 2. The molecule has 0 radical (unpaired) electrons. The van der Waals surface area contributed by atoms with Crippen LogP contribution in [-0.4, -0.2) is 17.1 Å². The number of pyridine rings is 1. The highest BCUT2D eigenvalue weighted by molar-refractivity contribution is 6.31. The minimum Gasteiger partial charge on any atom is -0.298 e. The molecule has 0 atom stereocenters. The second-order valence-corrected chi connectivity index (χ2v) is 7.30. The molecule has 4 aromatic rings. The fraction of sp³-hybridized carbons (Fsp3) is 0. The number of aromatic nitrogens is 1. The van der Waals surface area contributed by atoms with Gasteiger partial charge in [0, 0.05) is 27.8 Å². The van der Waals surface area contributed by atoms with Crippen LogP contribution in [0.2, 0.25) is 10.0 Å². The van der Waals surface area contributed by atoms with Crippen molar-refractivity contribution >= 4 is 57.6 Å². The zero-order valence-electron chi connectivity index (χ0n) is 15.6. The SMILES string of the molecule is O=C(NNc1ccnc2cc(Cl)ccc12)c1ccccc1N=Cc1ccc(Cl)cc1. The lowest BCUT2D eigenvalue weighted by molar-refractivity contribution is 0.0963. The van der Waals surface area contributed by atoms with E-state index in [1.807, 2.05) is 24.3 Å². The fourth-order valence-corrected chi connectivity index (χ4v) is 3.19. The maximum absolute atomic E-state index is 12.8. The summed E-state index contributed by atoms with van der Waals surface area (Å²) in [5.74, 6) is -0.308. The number of hydrogen-bond acceptors (Lipinski definition) is 4. The van der Waals surface area contributed by atoms with E-state index < -0.39 is 0 Å². The van der Waals surface area contributed by atoms with E-state index in [0.29, 0.717) is 27.0 Å². The van der Waals surface area contributed by atoms with E-state index in [1.54, 1.807) is 60.9 Å². The molecule has 1 amide bonds. The highest BCUT2D eigenvalue weighted by Crippen LogP contribution is 2.24. The van der Waals surface area contributed by atoms with Gasteiger partial charge in [-0.2, -0.15) is 0 Å². The van der Waals surface area contributed by atoms with Gasteiger partial charge < -0.3 is 0 Å². The van der Waals surface area contributed by atoms with Gasteiger partial charge in [0.2, 0.25) is 0 Å². The molecule has 1 heterocycles. The van der Waals surface area contributed by atoms with Gasteiger partial charge in [-0.25, -0.2) is 0 Å². The number of nitrogens with one attached hydrogen (secondary N) is 2. The third-order valence-electron chi connectivity index (χ3n) is 4.39. The molecule has 4 rings (SSSR count). The maximum Gasteiger partial charge on any atom is 0.271 e. The van der Waals surface area contributed by atoms with Crippen LogP contribution >= 0.6 is 23.2 Å². The Hall–Kier alpha value is -3.41. The topological polar surface area (TPSA) is 66.4 Å². The number of aliphatic imine (C=N–C) groups is 1. The monoisotopic (exact) mass is 434 g/mol. The van der Waals surface area contributed by atoms with Gasteiger partial charge >= 0.3 is 0 Å². The molecule has 0 unspecified atom stereocenters. The zero-order valence-corrected chi connectivity index (χ0v) is 17.2. The summed E-state index contributed by atoms with van der Waals surface area (Å²) in [6.07, 6.45) is 3.34. The Labute approximate surface area is 183 Å². The van der Waals surface area contributed by atoms with Gasteiger partial charge in [0.05, 0.1) is 22.5 Å². The van der Waals surface area contributed by atoms with Gasteiger partial charge in [-0.15, -0.1) is 0 Å². The number of hydrazine groups is 1. The second kappa shape index (κ2) is 8.95. The standard InChI is InChI=1S/C23H16Cl2N4O/c24-16-7-5-15(6-8-16)14-27-20-4-2-1-3-19(20)23(30)29-28-21-11-12-26-22-13-17(25)9-10-18(21)22/h1-14H,(H,26,28)(H,29,30). The summed E-state index contributed by atoms with van der Waals surface area (Å²) in [7, 11) is 0. The summed E-state index contributed by atoms with van der Waals surface area (Å²) in [5.41, 5.74) is 9.02. The minimum atomic E-state index is -0.308. The van der Waals surface area contributed by atoms with E-state index in [-0.39, 0.29) is 5.91 Å². The molecular formula is C23H16Cl2N4O. The van der Waals surface area contributed by atoms with Crippen LogP contribution < -0.4 is 10.9 Å². The molecule has 0 aliphatic heterocycles. The first-order chi connectivity index (χ1) is 14.6. The Bertz CT molecular complexity index is 1240. The summed E-state index contributed by atoms with van der Waals surface area (Å²) in [4.78, 5) is 21.5. The van der Waals surface area contributed by atoms with Crippen LogP contribution in [0.15, 0.2) is 84.0 Å². The number of halogens is 2. The van der Waals surface area contributed by atoms with Crippen molar-refractivity contribution in [3.8, 4) is 0 Å². The van der Waals surface area contributed by atoms with Crippen LogP contribution in [0.4, 0.5) is 11.4 Å². The van der Waals surface area contributed by atoms with E-state index in [1.165, 1.54) is 0 Å². The third kappa shape index (κ3) is 4.59. The van der Waals surface area contributed by atoms with Crippen molar-refractivity contribution in [1.29, 1.82) is 0 Å². The zero-order chi connectivity index (χ0) is 20.9. The summed E-state index contributed by atoms with van der Waals surface area (Å²) in [6.45, 7) is 0. The van der Waals surface area contributed by atoms with E-state index in [4.69, 9.17) is 23.2 Å². The van der Waals surface area contributed by atoms with Crippen molar-refractivity contribution in [2.24, 2.45) is 4.99 Å². The normalized spacial score (nSPS) is 11.0. The fourth-order valence-electron chi connectivity index (χ4n) is 2.89. The Morgan fingerprint density at radius 2 is 1.70 bits per heavy atom. The van der Waals surface area contributed by atoms with E-state index >= 15 is 0 Å². The lowest BCUT2D eigenvalue weighted by atomic mass is 10.1. The van der Waals surface area contributed by atoms with Crippen molar-refractivity contribution in [3.05, 3.63) is 100 Å². The third-order valence-corrected chi connectivity index (χ3v) is 4.87. The van der Waals surface area contributed by atoms with Gasteiger partial charge in [0.15, 0.2) is 0 Å². The van der Waals surface area contributed by atoms with Crippen LogP contribution in [-0.2, 0) is 0 Å². The maximum atomic E-state index is 12.8. The largest absolute Gasteiger partial charge is 0.298 e. The molecule has 0 aliphatic rings. The number of carbonyl (C=O) groups is 1. The van der Waals surface area contributed by atoms with Crippen LogP contribution in [0.5, 0.6) is 0 Å². The predicted octanol–water partition coefficient (Wildman–Crippen LogP) is 6.05. The number of fused-ring (bicyclic) bond motifs is 1. The first kappa shape index (κ1) is 19.9. The van der Waals surface area contributed by atoms with Crippen LogP contribution in [0.25, 0.3) is 10.9 Å². The van der Waals surface area contributed by atoms with Crippen LogP contribution in [0.1, 0.15) is 15.9 Å². The molecule has 0 fully saturated rings. The molecule has 0 saturated carbocycles. The molecule has 148 valence electrons. The highest BCUT2D eigenvalue weighted by Gasteiger charge is 2.11. The molecule has 7 heteroatoms. The minimum absolute atomic E-state index is 0.308. The average Bonchev–Trinajstić information content (AvgIpc) is 2.77. The van der Waals surface area contributed by atoms with Gasteiger partial charge in [-0.3, -0.25) is 25.6 Å². The molecule has 1 aromatic heterocycles. The van der Waals surface area contributed by atoms with Crippen LogP contribution in [0, 0.1) is 0 Å². The van der Waals surface area contributed by atoms with E-state index in [2.05, 4.69) is 20.8 Å². The van der Waals surface area contributed by atoms with Crippen molar-refractivity contribution < 1.29 is 4.79 Å². The number of amides is 1. The number of rotatable bonds is 5. The Kier molecular flexibility index (Phi) is 5.93. The van der Waals surface area contributed by atoms with Crippen molar-refractivity contribution in [2.45, 2.75) is 0 Å². The lowest BCUT2D eigenvalue weighted by Gasteiger charge is -2.12. The van der Waals surface area contributed by atoms with Crippen molar-refractivity contribution in [1.82, 2.24) is 10.4 Å². The number of benzene rings is 3. The average molecular weight is 435 g/mol. The smallest absolute Gasteiger partial charge is 0.271 e. The molecule has 3 aromatic carbocycles. The van der Waals surface area contributed by atoms with Gasteiger partial charge in [0.1, 0.15) is 0 Å². The number of anilines is 1. The number of para-hydroxylation sites is 1. The van der Waals surface area contributed by atoms with E-state index in [9.17, 15) is 4.79 Å². The molecule has 2 N–H and O–H groups in total. The molecule has 0 bridgehead atoms. The first-order valence-electron chi connectivity index (χ1n) is 9.09. The molecular weight excluding hydrogens is 419 g/mol. The summed E-state index contributed by atoms with van der Waals surface area (Å²) in [5, 5.41) is 2.10. The molecule has 0 spiro atoms. The molecule has 5 nitrogen and oxygen atoms in total. The Morgan fingerprint density at radius 3 is 2.53 bits per heavy atom. The van der Waals surface area contributed by atoms with Crippen molar-refractivity contribution in [3.63, 3.8) is 0 Å². The number of hydrogen-bond donors (Lipinski definition) is 2. The number of carbonyl (C=O) groups excluding carboxylic acids is 1. The summed E-state index contributed by atoms with van der Waals surface area (Å²) in [6, 6.07) is 21.6. The molecule has 30 heavy (non-hydrogen) atoms. The predicted molar refractivity (Wildman–Crippen MR) is 123 cm³/mol. The van der Waals surface area contributed by atoms with Crippen molar-refractivity contribution in [2.75, 3.05) is 5.43 Å². The van der Waals surface area contributed by atoms with Gasteiger partial charge in [0.25, 0.3) is 5.91 Å². The first-order valence-corrected chi connectivity index (χ1v) is 9.85. The Morgan fingerprint density at radius 1 is 0.933 bits per heavy atom.